The zero-order valence-electron chi connectivity index (χ0n) is 6.96. The largest absolute Gasteiger partial charge is 0.0940 e. The summed E-state index contributed by atoms with van der Waals surface area (Å²) >= 11 is 0. The first kappa shape index (κ1) is 9.31. The van der Waals surface area contributed by atoms with Crippen LogP contribution >= 0.6 is 0 Å². The average molecular weight is 141 g/mol. The van der Waals surface area contributed by atoms with Crippen molar-refractivity contribution >= 4 is 0 Å². The van der Waals surface area contributed by atoms with E-state index in [9.17, 15) is 0 Å². The van der Waals surface area contributed by atoms with Gasteiger partial charge in [0, 0.05) is 11.5 Å². The smallest absolute Gasteiger partial charge is 0.0262 e. The predicted molar refractivity (Wildman–Crippen MR) is 42.7 cm³/mol. The molecule has 0 unspecified atom stereocenters. The molecule has 58 valence electrons. The van der Waals surface area contributed by atoms with Crippen molar-refractivity contribution in [2.75, 3.05) is 6.54 Å². The van der Waals surface area contributed by atoms with Crippen molar-refractivity contribution in [2.24, 2.45) is 10.5 Å². The molecule has 0 radical (unpaired) electrons. The van der Waals surface area contributed by atoms with Crippen LogP contribution in [-0.2, 0) is 0 Å². The van der Waals surface area contributed by atoms with Crippen LogP contribution in [0.5, 0.6) is 0 Å². The molecule has 0 saturated heterocycles. The van der Waals surface area contributed by atoms with E-state index in [2.05, 4.69) is 30.8 Å². The number of hydrogen-bond acceptors (Lipinski definition) is 1. The first-order valence-electron chi connectivity index (χ1n) is 3.63. The summed E-state index contributed by atoms with van der Waals surface area (Å²) in [4.78, 5) is 2.70. The highest BCUT2D eigenvalue weighted by molar-refractivity contribution is 4.67. The minimum absolute atomic E-state index is 0.328. The van der Waals surface area contributed by atoms with Crippen LogP contribution in [0, 0.1) is 5.41 Å². The summed E-state index contributed by atoms with van der Waals surface area (Å²) < 4.78 is 0. The van der Waals surface area contributed by atoms with Gasteiger partial charge in [-0.15, -0.1) is 0 Å². The van der Waals surface area contributed by atoms with Crippen molar-refractivity contribution in [2.45, 2.75) is 33.6 Å². The van der Waals surface area contributed by atoms with Gasteiger partial charge in [-0.25, -0.2) is 0 Å². The molecule has 0 spiro atoms. The highest BCUT2D eigenvalue weighted by Gasteiger charge is 2.12. The topological polar surface area (TPSA) is 48.8 Å². The van der Waals surface area contributed by atoms with Gasteiger partial charge in [-0.3, -0.25) is 0 Å². The van der Waals surface area contributed by atoms with Crippen molar-refractivity contribution in [3.8, 4) is 0 Å². The van der Waals surface area contributed by atoms with Gasteiger partial charge in [0.1, 0.15) is 0 Å². The quantitative estimate of drug-likeness (QED) is 0.328. The summed E-state index contributed by atoms with van der Waals surface area (Å²) in [5.74, 6) is 0. The first-order chi connectivity index (χ1) is 4.62. The van der Waals surface area contributed by atoms with Crippen LogP contribution in [0.25, 0.3) is 10.4 Å². The van der Waals surface area contributed by atoms with Gasteiger partial charge in [-0.1, -0.05) is 32.3 Å². The molecule has 0 heterocycles. The molecule has 0 N–H and O–H groups in total. The van der Waals surface area contributed by atoms with E-state index in [4.69, 9.17) is 5.53 Å². The third kappa shape index (κ3) is 4.21. The number of rotatable bonds is 4. The van der Waals surface area contributed by atoms with E-state index in [-0.39, 0.29) is 0 Å². The van der Waals surface area contributed by atoms with Gasteiger partial charge < -0.3 is 0 Å². The Bertz CT molecular complexity index is 134. The molecular formula is C7H15N3. The molecule has 0 aromatic rings. The number of hydrogen-bond donors (Lipinski definition) is 0. The summed E-state index contributed by atoms with van der Waals surface area (Å²) in [5, 5.41) is 3.49. The van der Waals surface area contributed by atoms with Crippen molar-refractivity contribution in [3.63, 3.8) is 0 Å². The van der Waals surface area contributed by atoms with Gasteiger partial charge in [0.15, 0.2) is 0 Å². The van der Waals surface area contributed by atoms with Gasteiger partial charge in [-0.2, -0.15) is 0 Å². The normalized spacial score (nSPS) is 10.7. The Morgan fingerprint density at radius 1 is 1.50 bits per heavy atom. The third-order valence-corrected chi connectivity index (χ3v) is 1.91. The zero-order chi connectivity index (χ0) is 8.04. The predicted octanol–water partition coefficient (Wildman–Crippen LogP) is 3.12. The molecule has 3 nitrogen and oxygen atoms in total. The van der Waals surface area contributed by atoms with Crippen LogP contribution < -0.4 is 0 Å². The molecule has 3 heteroatoms. The summed E-state index contributed by atoms with van der Waals surface area (Å²) in [6.45, 7) is 7.13. The average Bonchev–Trinajstić information content (AvgIpc) is 1.89. The lowest BCUT2D eigenvalue weighted by molar-refractivity contribution is 0.328. The second-order valence-electron chi connectivity index (χ2n) is 3.22. The molecule has 0 aromatic heterocycles. The van der Waals surface area contributed by atoms with Crippen LogP contribution in [0.15, 0.2) is 5.11 Å². The maximum atomic E-state index is 7.99. The van der Waals surface area contributed by atoms with Gasteiger partial charge >= 0.3 is 0 Å². The van der Waals surface area contributed by atoms with E-state index in [1.54, 1.807) is 0 Å². The lowest BCUT2D eigenvalue weighted by Gasteiger charge is -2.20. The van der Waals surface area contributed by atoms with E-state index < -0.39 is 0 Å². The monoisotopic (exact) mass is 141 g/mol. The molecule has 0 saturated carbocycles. The fourth-order valence-electron chi connectivity index (χ4n) is 0.574. The molecule has 0 atom stereocenters. The summed E-state index contributed by atoms with van der Waals surface area (Å²) in [6, 6.07) is 0. The molecular weight excluding hydrogens is 126 g/mol. The third-order valence-electron chi connectivity index (χ3n) is 1.91. The van der Waals surface area contributed by atoms with E-state index in [1.807, 2.05) is 0 Å². The van der Waals surface area contributed by atoms with Crippen molar-refractivity contribution in [1.82, 2.24) is 0 Å². The Balaban J connectivity index is 3.56. The summed E-state index contributed by atoms with van der Waals surface area (Å²) in [6.07, 6.45) is 2.11. The standard InChI is InChI=1S/C7H15N3/c1-4-7(2,3)5-6-9-10-8/h4-6H2,1-3H3. The van der Waals surface area contributed by atoms with Crippen LogP contribution in [0.2, 0.25) is 0 Å². The zero-order valence-corrected chi connectivity index (χ0v) is 6.96. The lowest BCUT2D eigenvalue weighted by Crippen LogP contribution is -2.10. The Labute approximate surface area is 62.1 Å². The van der Waals surface area contributed by atoms with E-state index in [0.717, 1.165) is 12.8 Å². The van der Waals surface area contributed by atoms with Gasteiger partial charge in [-0.05, 0) is 17.4 Å². The Hall–Kier alpha value is -0.690. The highest BCUT2D eigenvalue weighted by atomic mass is 15.1. The number of azide groups is 1. The lowest BCUT2D eigenvalue weighted by atomic mass is 9.87. The minimum Gasteiger partial charge on any atom is -0.0940 e. The Morgan fingerprint density at radius 2 is 2.10 bits per heavy atom. The molecule has 0 amide bonds. The fraction of sp³-hybridized carbons (Fsp3) is 1.00. The van der Waals surface area contributed by atoms with Crippen molar-refractivity contribution in [3.05, 3.63) is 10.4 Å². The minimum atomic E-state index is 0.328. The maximum absolute atomic E-state index is 7.99. The fourth-order valence-corrected chi connectivity index (χ4v) is 0.574. The summed E-state index contributed by atoms with van der Waals surface area (Å²) in [7, 11) is 0. The molecule has 0 aromatic carbocycles. The molecule has 0 bridgehead atoms. The Morgan fingerprint density at radius 3 is 2.50 bits per heavy atom. The van der Waals surface area contributed by atoms with Crippen LogP contribution in [0.1, 0.15) is 33.6 Å². The van der Waals surface area contributed by atoms with Crippen LogP contribution in [0.4, 0.5) is 0 Å². The van der Waals surface area contributed by atoms with Gasteiger partial charge in [0.05, 0.1) is 0 Å². The first-order valence-corrected chi connectivity index (χ1v) is 3.63. The highest BCUT2D eigenvalue weighted by Crippen LogP contribution is 2.23. The van der Waals surface area contributed by atoms with Gasteiger partial charge in [0.2, 0.25) is 0 Å². The van der Waals surface area contributed by atoms with E-state index in [1.165, 1.54) is 0 Å². The molecule has 0 fully saturated rings. The van der Waals surface area contributed by atoms with Crippen LogP contribution in [0.3, 0.4) is 0 Å². The van der Waals surface area contributed by atoms with E-state index in [0.29, 0.717) is 12.0 Å². The molecule has 0 aliphatic rings. The van der Waals surface area contributed by atoms with Crippen molar-refractivity contribution < 1.29 is 0 Å². The number of nitrogens with zero attached hydrogens (tertiary/aromatic N) is 3. The Kier molecular flexibility index (Phi) is 3.89. The second kappa shape index (κ2) is 4.18. The van der Waals surface area contributed by atoms with Crippen LogP contribution in [-0.4, -0.2) is 6.54 Å². The van der Waals surface area contributed by atoms with Gasteiger partial charge in [0.25, 0.3) is 0 Å². The molecule has 0 aliphatic heterocycles. The van der Waals surface area contributed by atoms with Crippen molar-refractivity contribution in [1.29, 1.82) is 0 Å². The molecule has 0 aliphatic carbocycles. The SMILES string of the molecule is CCC(C)(C)CCN=[N+]=[N-]. The maximum Gasteiger partial charge on any atom is 0.0262 e. The molecule has 10 heavy (non-hydrogen) atoms. The van der Waals surface area contributed by atoms with E-state index >= 15 is 0 Å². The second-order valence-corrected chi connectivity index (χ2v) is 3.22. The summed E-state index contributed by atoms with van der Waals surface area (Å²) in [5.41, 5.74) is 8.32. The molecule has 0 rings (SSSR count).